The third-order valence-electron chi connectivity index (χ3n) is 5.34. The van der Waals surface area contributed by atoms with Gasteiger partial charge in [-0.1, -0.05) is 24.6 Å². The summed E-state index contributed by atoms with van der Waals surface area (Å²) in [6, 6.07) is 15.1. The van der Waals surface area contributed by atoms with Gasteiger partial charge in [0.15, 0.2) is 5.43 Å². The van der Waals surface area contributed by atoms with E-state index >= 15 is 0 Å². The predicted molar refractivity (Wildman–Crippen MR) is 111 cm³/mol. The molecule has 1 saturated heterocycles. The lowest BCUT2D eigenvalue weighted by molar-refractivity contribution is -0.118. The molecule has 2 aromatic carbocycles. The van der Waals surface area contributed by atoms with Gasteiger partial charge in [-0.3, -0.25) is 9.59 Å². The first-order valence-electron chi connectivity index (χ1n) is 9.77. The highest BCUT2D eigenvalue weighted by molar-refractivity contribution is 5.93. The minimum atomic E-state index is 0.0249. The number of H-pyrrole nitrogens is 1. The van der Waals surface area contributed by atoms with Crippen LogP contribution < -0.4 is 15.1 Å². The molecule has 0 aliphatic carbocycles. The number of pyridine rings is 1. The number of fused-ring (bicyclic) bond motifs is 1. The highest BCUT2D eigenvalue weighted by Gasteiger charge is 2.18. The van der Waals surface area contributed by atoms with Crippen LogP contribution in [0.5, 0.6) is 5.75 Å². The molecule has 1 N–H and O–H groups in total. The molecule has 1 fully saturated rings. The SMILES string of the molecule is Cc1c(COc2cccc(N3CCCCCC3=O)c2)[nH]c2ccccc2c1=O. The van der Waals surface area contributed by atoms with Crippen molar-refractivity contribution in [2.24, 2.45) is 0 Å². The second-order valence-corrected chi connectivity index (χ2v) is 7.25. The van der Waals surface area contributed by atoms with Crippen LogP contribution in [0.1, 0.15) is 36.9 Å². The van der Waals surface area contributed by atoms with Gasteiger partial charge >= 0.3 is 0 Å². The van der Waals surface area contributed by atoms with Gasteiger partial charge in [-0.2, -0.15) is 0 Å². The summed E-state index contributed by atoms with van der Waals surface area (Å²) < 4.78 is 5.97. The number of aromatic amines is 1. The predicted octanol–water partition coefficient (Wildman–Crippen LogP) is 4.32. The number of rotatable bonds is 4. The van der Waals surface area contributed by atoms with Crippen LogP contribution in [-0.4, -0.2) is 17.4 Å². The summed E-state index contributed by atoms with van der Waals surface area (Å²) in [5.74, 6) is 0.854. The second-order valence-electron chi connectivity index (χ2n) is 7.25. The smallest absolute Gasteiger partial charge is 0.226 e. The van der Waals surface area contributed by atoms with Crippen molar-refractivity contribution in [1.29, 1.82) is 0 Å². The number of hydrogen-bond acceptors (Lipinski definition) is 3. The lowest BCUT2D eigenvalue weighted by Gasteiger charge is -2.21. The van der Waals surface area contributed by atoms with Crippen LogP contribution in [0.2, 0.25) is 0 Å². The fraction of sp³-hybridized carbons (Fsp3) is 0.304. The van der Waals surface area contributed by atoms with E-state index in [-0.39, 0.29) is 17.9 Å². The van der Waals surface area contributed by atoms with E-state index in [1.807, 2.05) is 60.4 Å². The van der Waals surface area contributed by atoms with Crippen molar-refractivity contribution in [3.8, 4) is 5.75 Å². The maximum absolute atomic E-state index is 12.6. The van der Waals surface area contributed by atoms with Gasteiger partial charge in [0.25, 0.3) is 0 Å². The van der Waals surface area contributed by atoms with Gasteiger partial charge < -0.3 is 14.6 Å². The molecule has 0 spiro atoms. The fourth-order valence-electron chi connectivity index (χ4n) is 3.68. The van der Waals surface area contributed by atoms with Crippen LogP contribution >= 0.6 is 0 Å². The molecule has 1 aliphatic heterocycles. The van der Waals surface area contributed by atoms with Crippen LogP contribution in [0.25, 0.3) is 10.9 Å². The second kappa shape index (κ2) is 7.89. The van der Waals surface area contributed by atoms with E-state index in [2.05, 4.69) is 4.98 Å². The lowest BCUT2D eigenvalue weighted by atomic mass is 10.1. The Labute approximate surface area is 163 Å². The van der Waals surface area contributed by atoms with E-state index in [0.717, 1.165) is 42.7 Å². The number of carbonyl (C=O) groups is 1. The summed E-state index contributed by atoms with van der Waals surface area (Å²) in [5.41, 5.74) is 3.13. The number of nitrogens with one attached hydrogen (secondary N) is 1. The van der Waals surface area contributed by atoms with Crippen molar-refractivity contribution in [3.05, 3.63) is 70.0 Å². The molecule has 0 saturated carbocycles. The van der Waals surface area contributed by atoms with E-state index in [1.165, 1.54) is 0 Å². The summed E-state index contributed by atoms with van der Waals surface area (Å²) in [6.07, 6.45) is 3.67. The standard InChI is InChI=1S/C23H24N2O3/c1-16-21(24-20-11-5-4-10-19(20)23(16)27)15-28-18-9-7-8-17(14-18)25-13-6-2-3-12-22(25)26/h4-5,7-11,14H,2-3,6,12-13,15H2,1H3,(H,24,27). The number of anilines is 1. The Balaban J connectivity index is 1.56. The molecule has 28 heavy (non-hydrogen) atoms. The molecule has 0 bridgehead atoms. The number of carbonyl (C=O) groups excluding carboxylic acids is 1. The zero-order valence-electron chi connectivity index (χ0n) is 16.0. The minimum absolute atomic E-state index is 0.0249. The number of hydrogen-bond donors (Lipinski definition) is 1. The Bertz CT molecular complexity index is 1070. The molecule has 0 atom stereocenters. The molecule has 1 aromatic heterocycles. The van der Waals surface area contributed by atoms with E-state index in [1.54, 1.807) is 0 Å². The van der Waals surface area contributed by atoms with Gasteiger partial charge in [0.1, 0.15) is 12.4 Å². The highest BCUT2D eigenvalue weighted by Crippen LogP contribution is 2.25. The maximum atomic E-state index is 12.6. The third-order valence-corrected chi connectivity index (χ3v) is 5.34. The van der Waals surface area contributed by atoms with Crippen LogP contribution in [0.3, 0.4) is 0 Å². The number of aromatic nitrogens is 1. The van der Waals surface area contributed by atoms with Gasteiger partial charge in [-0.05, 0) is 44.0 Å². The maximum Gasteiger partial charge on any atom is 0.226 e. The number of amides is 1. The quantitative estimate of drug-likeness (QED) is 0.737. The van der Waals surface area contributed by atoms with E-state index in [4.69, 9.17) is 4.74 Å². The zero-order chi connectivity index (χ0) is 19.5. The molecule has 0 unspecified atom stereocenters. The molecule has 5 heteroatoms. The highest BCUT2D eigenvalue weighted by atomic mass is 16.5. The van der Waals surface area contributed by atoms with Gasteiger partial charge in [-0.15, -0.1) is 0 Å². The van der Waals surface area contributed by atoms with Gasteiger partial charge in [0.2, 0.25) is 5.91 Å². The van der Waals surface area contributed by atoms with Crippen molar-refractivity contribution in [1.82, 2.24) is 4.98 Å². The molecular formula is C23H24N2O3. The first-order valence-corrected chi connectivity index (χ1v) is 9.77. The molecule has 144 valence electrons. The fourth-order valence-corrected chi connectivity index (χ4v) is 3.68. The average molecular weight is 376 g/mol. The average Bonchev–Trinajstić information content (AvgIpc) is 2.94. The molecule has 5 nitrogen and oxygen atoms in total. The Morgan fingerprint density at radius 2 is 1.89 bits per heavy atom. The number of para-hydroxylation sites is 1. The van der Waals surface area contributed by atoms with Crippen LogP contribution in [-0.2, 0) is 11.4 Å². The lowest BCUT2D eigenvalue weighted by Crippen LogP contribution is -2.29. The molecule has 0 radical (unpaired) electrons. The molecule has 4 rings (SSSR count). The van der Waals surface area contributed by atoms with Crippen LogP contribution in [0.4, 0.5) is 5.69 Å². The summed E-state index contributed by atoms with van der Waals surface area (Å²) in [5, 5.41) is 0.686. The molecular weight excluding hydrogens is 352 g/mol. The van der Waals surface area contributed by atoms with Crippen LogP contribution in [0, 0.1) is 6.92 Å². The minimum Gasteiger partial charge on any atom is -0.487 e. The number of ether oxygens (including phenoxy) is 1. The first-order chi connectivity index (χ1) is 13.6. The Kier molecular flexibility index (Phi) is 5.15. The molecule has 3 aromatic rings. The Morgan fingerprint density at radius 1 is 1.04 bits per heavy atom. The van der Waals surface area contributed by atoms with Crippen molar-refractivity contribution in [2.45, 2.75) is 39.2 Å². The first kappa shape index (κ1) is 18.3. The monoisotopic (exact) mass is 376 g/mol. The molecule has 2 heterocycles. The third kappa shape index (κ3) is 3.65. The summed E-state index contributed by atoms with van der Waals surface area (Å²) in [7, 11) is 0. The summed E-state index contributed by atoms with van der Waals surface area (Å²) in [6.45, 7) is 2.83. The number of benzene rings is 2. The van der Waals surface area contributed by atoms with Crippen molar-refractivity contribution >= 4 is 22.5 Å². The van der Waals surface area contributed by atoms with Crippen molar-refractivity contribution in [2.75, 3.05) is 11.4 Å². The largest absolute Gasteiger partial charge is 0.487 e. The zero-order valence-corrected chi connectivity index (χ0v) is 16.0. The van der Waals surface area contributed by atoms with E-state index in [9.17, 15) is 9.59 Å². The van der Waals surface area contributed by atoms with E-state index in [0.29, 0.717) is 23.1 Å². The summed E-state index contributed by atoms with van der Waals surface area (Å²) in [4.78, 5) is 30.1. The van der Waals surface area contributed by atoms with Gasteiger partial charge in [0.05, 0.1) is 5.69 Å². The molecule has 1 amide bonds. The Hall–Kier alpha value is -3.08. The van der Waals surface area contributed by atoms with Crippen molar-refractivity contribution < 1.29 is 9.53 Å². The van der Waals surface area contributed by atoms with Crippen LogP contribution in [0.15, 0.2) is 53.3 Å². The summed E-state index contributed by atoms with van der Waals surface area (Å²) >= 11 is 0. The Morgan fingerprint density at radius 3 is 2.79 bits per heavy atom. The van der Waals surface area contributed by atoms with Gasteiger partial charge in [-0.25, -0.2) is 0 Å². The van der Waals surface area contributed by atoms with Gasteiger partial charge in [0, 0.05) is 41.2 Å². The topological polar surface area (TPSA) is 62.4 Å². The molecule has 1 aliphatic rings. The number of nitrogens with zero attached hydrogens (tertiary/aromatic N) is 1. The van der Waals surface area contributed by atoms with E-state index < -0.39 is 0 Å². The normalized spacial score (nSPS) is 14.9. The van der Waals surface area contributed by atoms with Crippen molar-refractivity contribution in [3.63, 3.8) is 0 Å².